The Labute approximate surface area is 65.5 Å². The molecule has 0 spiro atoms. The second kappa shape index (κ2) is 3.00. The number of hydrogen-bond acceptors (Lipinski definition) is 1. The molecule has 0 aliphatic carbocycles. The number of benzene rings is 1. The number of hydrogen-bond donors (Lipinski definition) is 0. The molecular weight excluding hydrogens is 176 g/mol. The fourth-order valence-corrected chi connectivity index (χ4v) is 0.695. The molecule has 0 amide bonds. The molecule has 0 saturated heterocycles. The van der Waals surface area contributed by atoms with Gasteiger partial charge in [0.15, 0.2) is 5.75 Å². The van der Waals surface area contributed by atoms with Gasteiger partial charge in [0, 0.05) is 4.53 Å². The van der Waals surface area contributed by atoms with Crippen molar-refractivity contribution in [2.24, 2.45) is 0 Å². The fraction of sp³-hybridized carbons (Fsp3) is 0.143. The van der Waals surface area contributed by atoms with Crippen LogP contribution in [0.5, 0.6) is 5.75 Å². The Balaban J connectivity index is 2.93. The van der Waals surface area contributed by atoms with Gasteiger partial charge in [0.2, 0.25) is 0 Å². The summed E-state index contributed by atoms with van der Waals surface area (Å²) in [7, 11) is 0. The van der Waals surface area contributed by atoms with Crippen molar-refractivity contribution >= 4 is 0 Å². The first-order valence-corrected chi connectivity index (χ1v) is 3.00. The maximum absolute atomic E-state index is 11.9. The molecule has 0 radical (unpaired) electrons. The summed E-state index contributed by atoms with van der Waals surface area (Å²) in [5.41, 5.74) is -0.830. The van der Waals surface area contributed by atoms with E-state index in [1.807, 2.05) is 0 Å². The van der Waals surface area contributed by atoms with Crippen LogP contribution in [-0.2, 0) is 6.18 Å². The van der Waals surface area contributed by atoms with Crippen molar-refractivity contribution < 1.29 is 22.6 Å². The van der Waals surface area contributed by atoms with E-state index >= 15 is 0 Å². The van der Waals surface area contributed by atoms with Crippen molar-refractivity contribution in [1.29, 1.82) is 0 Å². The van der Waals surface area contributed by atoms with E-state index in [1.165, 1.54) is 0 Å². The molecule has 0 aliphatic rings. The minimum Gasteiger partial charge on any atom is -0.294 e. The average Bonchev–Trinajstić information content (AvgIpc) is 2.03. The van der Waals surface area contributed by atoms with Gasteiger partial charge >= 0.3 is 6.18 Å². The summed E-state index contributed by atoms with van der Waals surface area (Å²) in [6.45, 7) is 0. The minimum atomic E-state index is -4.39. The van der Waals surface area contributed by atoms with Gasteiger partial charge in [0.25, 0.3) is 0 Å². The van der Waals surface area contributed by atoms with Gasteiger partial charge in [-0.15, -0.1) is 0 Å². The molecule has 0 aromatic heterocycles. The molecule has 5 heteroatoms. The molecule has 0 atom stereocenters. The third-order valence-corrected chi connectivity index (χ3v) is 1.27. The third kappa shape index (κ3) is 1.87. The third-order valence-electron chi connectivity index (χ3n) is 1.27. The van der Waals surface area contributed by atoms with Crippen LogP contribution < -0.4 is 4.94 Å². The van der Waals surface area contributed by atoms with Crippen LogP contribution in [0.4, 0.5) is 17.7 Å². The van der Waals surface area contributed by atoms with Gasteiger partial charge in [0.05, 0.1) is 5.56 Å². The molecule has 0 fully saturated rings. The molecule has 12 heavy (non-hydrogen) atoms. The highest BCUT2D eigenvalue weighted by molar-refractivity contribution is 5.28. The monoisotopic (exact) mass is 180 g/mol. The zero-order valence-corrected chi connectivity index (χ0v) is 5.73. The van der Waals surface area contributed by atoms with Crippen molar-refractivity contribution in [3.8, 4) is 5.75 Å². The summed E-state index contributed by atoms with van der Waals surface area (Å²) in [6.07, 6.45) is -4.39. The summed E-state index contributed by atoms with van der Waals surface area (Å²) in [6, 6.07) is 3.30. The Bertz CT molecular complexity index is 251. The molecule has 0 heterocycles. The fourth-order valence-electron chi connectivity index (χ4n) is 0.695. The van der Waals surface area contributed by atoms with E-state index in [4.69, 9.17) is 0 Å². The van der Waals surface area contributed by atoms with Gasteiger partial charge in [-0.1, -0.05) is 0 Å². The Morgan fingerprint density at radius 1 is 1.00 bits per heavy atom. The molecule has 0 N–H and O–H groups in total. The van der Waals surface area contributed by atoms with E-state index in [1.54, 1.807) is 0 Å². The lowest BCUT2D eigenvalue weighted by Crippen LogP contribution is -2.03. The molecule has 1 aromatic carbocycles. The van der Waals surface area contributed by atoms with E-state index < -0.39 is 11.7 Å². The van der Waals surface area contributed by atoms with Gasteiger partial charge in [-0.2, -0.15) is 13.2 Å². The van der Waals surface area contributed by atoms with E-state index in [9.17, 15) is 17.7 Å². The van der Waals surface area contributed by atoms with Crippen molar-refractivity contribution in [2.45, 2.75) is 6.18 Å². The molecule has 1 rings (SSSR count). The zero-order chi connectivity index (χ0) is 9.19. The van der Waals surface area contributed by atoms with E-state index in [0.717, 1.165) is 24.3 Å². The van der Waals surface area contributed by atoms with Gasteiger partial charge < -0.3 is 0 Å². The van der Waals surface area contributed by atoms with Crippen LogP contribution in [-0.4, -0.2) is 0 Å². The summed E-state index contributed by atoms with van der Waals surface area (Å²) in [4.78, 5) is 3.21. The highest BCUT2D eigenvalue weighted by Gasteiger charge is 2.29. The SMILES string of the molecule is FOc1ccc(C(F)(F)F)cc1. The maximum atomic E-state index is 11.9. The van der Waals surface area contributed by atoms with Gasteiger partial charge in [-0.05, 0) is 24.3 Å². The van der Waals surface area contributed by atoms with Crippen LogP contribution in [0.15, 0.2) is 24.3 Å². The zero-order valence-electron chi connectivity index (χ0n) is 5.73. The Morgan fingerprint density at radius 2 is 1.50 bits per heavy atom. The van der Waals surface area contributed by atoms with E-state index in [2.05, 4.69) is 4.94 Å². The van der Waals surface area contributed by atoms with Crippen molar-refractivity contribution in [3.05, 3.63) is 29.8 Å². The first-order valence-electron chi connectivity index (χ1n) is 3.00. The molecule has 0 aliphatic heterocycles. The van der Waals surface area contributed by atoms with Crippen molar-refractivity contribution in [1.82, 2.24) is 0 Å². The van der Waals surface area contributed by atoms with Crippen LogP contribution in [0.3, 0.4) is 0 Å². The summed E-state index contributed by atoms with van der Waals surface area (Å²) in [5, 5.41) is 0. The summed E-state index contributed by atoms with van der Waals surface area (Å²) in [5.74, 6) is -0.247. The van der Waals surface area contributed by atoms with Crippen molar-refractivity contribution in [2.75, 3.05) is 0 Å². The predicted molar refractivity (Wildman–Crippen MR) is 33.2 cm³/mol. The van der Waals surface area contributed by atoms with Crippen LogP contribution in [0.25, 0.3) is 0 Å². The van der Waals surface area contributed by atoms with Crippen LogP contribution in [0, 0.1) is 0 Å². The molecular formula is C7H4F4O. The van der Waals surface area contributed by atoms with E-state index in [0.29, 0.717) is 0 Å². The van der Waals surface area contributed by atoms with Gasteiger partial charge in [-0.25, -0.2) is 0 Å². The average molecular weight is 180 g/mol. The highest BCUT2D eigenvalue weighted by atomic mass is 19.4. The summed E-state index contributed by atoms with van der Waals surface area (Å²) >= 11 is 0. The second-order valence-electron chi connectivity index (χ2n) is 2.10. The molecule has 66 valence electrons. The topological polar surface area (TPSA) is 9.23 Å². The molecule has 0 bridgehead atoms. The Hall–Kier alpha value is -1.26. The van der Waals surface area contributed by atoms with Crippen LogP contribution in [0.1, 0.15) is 5.56 Å². The van der Waals surface area contributed by atoms with E-state index in [-0.39, 0.29) is 5.75 Å². The highest BCUT2D eigenvalue weighted by Crippen LogP contribution is 2.30. The lowest BCUT2D eigenvalue weighted by molar-refractivity contribution is -0.137. The predicted octanol–water partition coefficient (Wildman–Crippen LogP) is 2.97. The molecule has 0 unspecified atom stereocenters. The quantitative estimate of drug-likeness (QED) is 0.603. The second-order valence-corrected chi connectivity index (χ2v) is 2.10. The van der Waals surface area contributed by atoms with Crippen LogP contribution >= 0.6 is 0 Å². The lowest BCUT2D eigenvalue weighted by atomic mass is 10.2. The maximum Gasteiger partial charge on any atom is 0.416 e. The number of alkyl halides is 3. The first kappa shape index (κ1) is 8.83. The first-order chi connectivity index (χ1) is 5.54. The molecule has 1 aromatic rings. The summed E-state index contributed by atoms with van der Waals surface area (Å²) < 4.78 is 47.0. The minimum absolute atomic E-state index is 0.247. The van der Waals surface area contributed by atoms with Crippen molar-refractivity contribution in [3.63, 3.8) is 0 Å². The van der Waals surface area contributed by atoms with Crippen LogP contribution in [0.2, 0.25) is 0 Å². The lowest BCUT2D eigenvalue weighted by Gasteiger charge is -2.05. The smallest absolute Gasteiger partial charge is 0.294 e. The Morgan fingerprint density at radius 3 is 1.83 bits per heavy atom. The van der Waals surface area contributed by atoms with Gasteiger partial charge in [-0.3, -0.25) is 4.94 Å². The normalized spacial score (nSPS) is 11.3. The number of halogens is 4. The molecule has 0 saturated carbocycles. The largest absolute Gasteiger partial charge is 0.416 e. The number of rotatable bonds is 1. The standard InChI is InChI=1S/C7H4F4O/c8-7(9,10)5-1-3-6(12-11)4-2-5/h1-4H. The Kier molecular flexibility index (Phi) is 2.21. The van der Waals surface area contributed by atoms with Gasteiger partial charge in [0.1, 0.15) is 0 Å². The molecule has 1 nitrogen and oxygen atoms in total.